The average Bonchev–Trinajstić information content (AvgIpc) is 2.98. The fourth-order valence-electron chi connectivity index (χ4n) is 2.96. The van der Waals surface area contributed by atoms with E-state index < -0.39 is 12.1 Å². The van der Waals surface area contributed by atoms with Crippen molar-refractivity contribution in [1.82, 2.24) is 4.90 Å². The Bertz CT molecular complexity index is 516. The molecular formula is C15H17NO4. The van der Waals surface area contributed by atoms with Gasteiger partial charge in [-0.2, -0.15) is 0 Å². The number of likely N-dealkylation sites (tertiary alicyclic amines) is 1. The SMILES string of the molecule is CC(=O)O[C@H]1C(=O)N(Cc2ccccc2)C2CCOC21. The summed E-state index contributed by atoms with van der Waals surface area (Å²) in [5.74, 6) is -0.599. The minimum atomic E-state index is -0.788. The number of carbonyl (C=O) groups is 2. The van der Waals surface area contributed by atoms with Crippen molar-refractivity contribution >= 4 is 11.9 Å². The molecule has 1 amide bonds. The van der Waals surface area contributed by atoms with E-state index in [1.54, 1.807) is 4.90 Å². The van der Waals surface area contributed by atoms with Gasteiger partial charge >= 0.3 is 5.97 Å². The predicted molar refractivity (Wildman–Crippen MR) is 70.7 cm³/mol. The highest BCUT2D eigenvalue weighted by Crippen LogP contribution is 2.33. The number of amides is 1. The molecule has 5 heteroatoms. The quantitative estimate of drug-likeness (QED) is 0.776. The van der Waals surface area contributed by atoms with Gasteiger partial charge in [-0.15, -0.1) is 0 Å². The van der Waals surface area contributed by atoms with E-state index in [9.17, 15) is 9.59 Å². The van der Waals surface area contributed by atoms with Crippen LogP contribution in [0.5, 0.6) is 0 Å². The Labute approximate surface area is 117 Å². The minimum absolute atomic E-state index is 0.00653. The third-order valence-corrected chi connectivity index (χ3v) is 3.82. The van der Waals surface area contributed by atoms with Crippen LogP contribution in [0.3, 0.4) is 0 Å². The highest BCUT2D eigenvalue weighted by Gasteiger charge is 2.53. The normalized spacial score (nSPS) is 28.6. The van der Waals surface area contributed by atoms with Crippen LogP contribution in [0.2, 0.25) is 0 Å². The topological polar surface area (TPSA) is 55.8 Å². The van der Waals surface area contributed by atoms with E-state index >= 15 is 0 Å². The zero-order valence-corrected chi connectivity index (χ0v) is 11.3. The summed E-state index contributed by atoms with van der Waals surface area (Å²) in [6.45, 7) is 2.45. The molecule has 5 nitrogen and oxygen atoms in total. The highest BCUT2D eigenvalue weighted by atomic mass is 16.6. The lowest BCUT2D eigenvalue weighted by Gasteiger charge is -2.22. The van der Waals surface area contributed by atoms with Gasteiger partial charge in [0, 0.05) is 20.1 Å². The van der Waals surface area contributed by atoms with Gasteiger partial charge in [-0.3, -0.25) is 9.59 Å². The molecule has 2 saturated heterocycles. The van der Waals surface area contributed by atoms with Crippen LogP contribution in [-0.4, -0.2) is 41.6 Å². The largest absolute Gasteiger partial charge is 0.450 e. The van der Waals surface area contributed by atoms with Crippen molar-refractivity contribution in [3.05, 3.63) is 35.9 Å². The number of esters is 1. The first kappa shape index (κ1) is 13.1. The molecule has 0 saturated carbocycles. The molecule has 20 heavy (non-hydrogen) atoms. The molecule has 0 radical (unpaired) electrons. The molecule has 106 valence electrons. The van der Waals surface area contributed by atoms with E-state index in [0.29, 0.717) is 13.2 Å². The lowest BCUT2D eigenvalue weighted by molar-refractivity contribution is -0.159. The van der Waals surface area contributed by atoms with Crippen molar-refractivity contribution in [2.24, 2.45) is 0 Å². The van der Waals surface area contributed by atoms with Gasteiger partial charge in [-0.05, 0) is 12.0 Å². The molecule has 0 aliphatic carbocycles. The molecule has 1 aromatic rings. The zero-order chi connectivity index (χ0) is 14.1. The summed E-state index contributed by atoms with van der Waals surface area (Å²) in [7, 11) is 0. The molecule has 0 N–H and O–H groups in total. The van der Waals surface area contributed by atoms with E-state index in [0.717, 1.165) is 12.0 Å². The van der Waals surface area contributed by atoms with Crippen molar-refractivity contribution in [2.75, 3.05) is 6.61 Å². The van der Waals surface area contributed by atoms with Gasteiger partial charge in [0.05, 0.1) is 6.04 Å². The summed E-state index contributed by atoms with van der Waals surface area (Å²) in [5.41, 5.74) is 1.06. The zero-order valence-electron chi connectivity index (χ0n) is 11.3. The molecule has 0 aromatic heterocycles. The summed E-state index contributed by atoms with van der Waals surface area (Å²) in [6, 6.07) is 9.81. The molecule has 2 unspecified atom stereocenters. The Kier molecular flexibility index (Phi) is 3.44. The summed E-state index contributed by atoms with van der Waals surface area (Å²) in [6.07, 6.45) is -0.320. The summed E-state index contributed by atoms with van der Waals surface area (Å²) in [4.78, 5) is 25.4. The number of benzene rings is 1. The van der Waals surface area contributed by atoms with Crippen LogP contribution in [0, 0.1) is 0 Å². The Hall–Kier alpha value is -1.88. The third-order valence-electron chi connectivity index (χ3n) is 3.82. The van der Waals surface area contributed by atoms with Crippen LogP contribution in [0.1, 0.15) is 18.9 Å². The molecule has 2 aliphatic heterocycles. The maximum absolute atomic E-state index is 12.4. The molecule has 1 aromatic carbocycles. The summed E-state index contributed by atoms with van der Waals surface area (Å²) >= 11 is 0. The van der Waals surface area contributed by atoms with Crippen molar-refractivity contribution < 1.29 is 19.1 Å². The lowest BCUT2D eigenvalue weighted by Crippen LogP contribution is -2.35. The second-order valence-electron chi connectivity index (χ2n) is 5.17. The Morgan fingerprint density at radius 1 is 1.40 bits per heavy atom. The van der Waals surface area contributed by atoms with Crippen molar-refractivity contribution in [3.8, 4) is 0 Å². The fourth-order valence-corrected chi connectivity index (χ4v) is 2.96. The Balaban J connectivity index is 1.80. The first-order chi connectivity index (χ1) is 9.66. The van der Waals surface area contributed by atoms with Crippen molar-refractivity contribution in [3.63, 3.8) is 0 Å². The number of rotatable bonds is 3. The van der Waals surface area contributed by atoms with Crippen LogP contribution in [0.15, 0.2) is 30.3 Å². The van der Waals surface area contributed by atoms with E-state index in [-0.39, 0.29) is 18.1 Å². The molecule has 0 bridgehead atoms. The maximum Gasteiger partial charge on any atom is 0.303 e. The molecule has 2 fully saturated rings. The second-order valence-corrected chi connectivity index (χ2v) is 5.17. The molecular weight excluding hydrogens is 258 g/mol. The minimum Gasteiger partial charge on any atom is -0.450 e. The summed E-state index contributed by atoms with van der Waals surface area (Å²) in [5, 5.41) is 0. The van der Waals surface area contributed by atoms with E-state index in [1.165, 1.54) is 6.92 Å². The molecule has 0 spiro atoms. The molecule has 2 heterocycles. The number of carbonyl (C=O) groups excluding carboxylic acids is 2. The van der Waals surface area contributed by atoms with Gasteiger partial charge in [0.1, 0.15) is 6.10 Å². The van der Waals surface area contributed by atoms with Gasteiger partial charge in [0.25, 0.3) is 5.91 Å². The van der Waals surface area contributed by atoms with E-state index in [1.807, 2.05) is 30.3 Å². The monoisotopic (exact) mass is 275 g/mol. The Morgan fingerprint density at radius 3 is 2.85 bits per heavy atom. The van der Waals surface area contributed by atoms with Gasteiger partial charge < -0.3 is 14.4 Å². The first-order valence-electron chi connectivity index (χ1n) is 6.80. The van der Waals surface area contributed by atoms with Gasteiger partial charge in [0.15, 0.2) is 0 Å². The predicted octanol–water partition coefficient (Wildman–Crippen LogP) is 1.12. The smallest absolute Gasteiger partial charge is 0.303 e. The van der Waals surface area contributed by atoms with Crippen molar-refractivity contribution in [1.29, 1.82) is 0 Å². The lowest BCUT2D eigenvalue weighted by atomic mass is 10.1. The Morgan fingerprint density at radius 2 is 2.15 bits per heavy atom. The van der Waals surface area contributed by atoms with Crippen LogP contribution in [-0.2, 0) is 25.6 Å². The van der Waals surface area contributed by atoms with E-state index in [2.05, 4.69) is 0 Å². The van der Waals surface area contributed by atoms with Crippen molar-refractivity contribution in [2.45, 2.75) is 38.1 Å². The summed E-state index contributed by atoms with van der Waals surface area (Å²) < 4.78 is 10.7. The van der Waals surface area contributed by atoms with Gasteiger partial charge in [-0.25, -0.2) is 0 Å². The number of hydrogen-bond donors (Lipinski definition) is 0. The second kappa shape index (κ2) is 5.25. The number of hydrogen-bond acceptors (Lipinski definition) is 4. The van der Waals surface area contributed by atoms with Gasteiger partial charge in [0.2, 0.25) is 6.10 Å². The fraction of sp³-hybridized carbons (Fsp3) is 0.467. The van der Waals surface area contributed by atoms with E-state index in [4.69, 9.17) is 9.47 Å². The third kappa shape index (κ3) is 2.29. The van der Waals surface area contributed by atoms with Crippen LogP contribution >= 0.6 is 0 Å². The molecule has 3 rings (SSSR count). The van der Waals surface area contributed by atoms with Gasteiger partial charge in [-0.1, -0.05) is 30.3 Å². The van der Waals surface area contributed by atoms with Crippen LogP contribution in [0.25, 0.3) is 0 Å². The molecule has 2 aliphatic rings. The first-order valence-corrected chi connectivity index (χ1v) is 6.80. The van der Waals surface area contributed by atoms with Crippen LogP contribution in [0.4, 0.5) is 0 Å². The maximum atomic E-state index is 12.4. The number of ether oxygens (including phenoxy) is 2. The molecule has 3 atom stereocenters. The standard InChI is InChI=1S/C15H17NO4/c1-10(17)20-14-13-12(7-8-19-13)16(15(14)18)9-11-5-3-2-4-6-11/h2-6,12-14H,7-9H2,1H3/t12?,13?,14-/m1/s1. The van der Waals surface area contributed by atoms with Crippen LogP contribution < -0.4 is 0 Å². The number of nitrogens with zero attached hydrogens (tertiary/aromatic N) is 1. The number of fused-ring (bicyclic) bond motifs is 1. The highest BCUT2D eigenvalue weighted by molar-refractivity contribution is 5.87. The average molecular weight is 275 g/mol.